The van der Waals surface area contributed by atoms with Crippen molar-refractivity contribution in [3.8, 4) is 11.4 Å². The molecule has 1 radical (unpaired) electrons. The maximum Gasteiger partial charge on any atom is 0.347 e. The van der Waals surface area contributed by atoms with E-state index < -0.39 is 23.6 Å². The number of rotatable bonds is 6. The number of hydrogen-bond acceptors (Lipinski definition) is 7. The number of hydrogen-bond donors (Lipinski definition) is 2. The molecule has 0 aromatic carbocycles. The fourth-order valence-corrected chi connectivity index (χ4v) is 1.68. The molecule has 1 atom stereocenters. The quantitative estimate of drug-likeness (QED) is 0.356. The van der Waals surface area contributed by atoms with Gasteiger partial charge in [0.15, 0.2) is 11.4 Å². The maximum atomic E-state index is 11.7. The van der Waals surface area contributed by atoms with Crippen LogP contribution in [0.15, 0.2) is 48.6 Å². The van der Waals surface area contributed by atoms with Crippen LogP contribution < -0.4 is 5.32 Å². The van der Waals surface area contributed by atoms with Gasteiger partial charge in [0, 0.05) is 30.4 Å². The number of carboxylic acid groups (broad SMARTS) is 1. The lowest BCUT2D eigenvalue weighted by molar-refractivity contribution is -0.146. The molecular formula is C16H15N4O4. The van der Waals surface area contributed by atoms with E-state index in [0.29, 0.717) is 11.6 Å². The summed E-state index contributed by atoms with van der Waals surface area (Å²) in [5.41, 5.74) is 0.191. The second-order valence-electron chi connectivity index (χ2n) is 4.72. The molecule has 0 aliphatic carbocycles. The predicted octanol–water partition coefficient (Wildman–Crippen LogP) is 1.68. The van der Waals surface area contributed by atoms with Crippen molar-refractivity contribution in [1.82, 2.24) is 15.0 Å². The molecule has 8 heteroatoms. The number of esters is 1. The molecular weight excluding hydrogens is 312 g/mol. The Bertz CT molecular complexity index is 760. The van der Waals surface area contributed by atoms with Crippen LogP contribution in [0.1, 0.15) is 6.92 Å². The van der Waals surface area contributed by atoms with Crippen LogP contribution >= 0.6 is 0 Å². The van der Waals surface area contributed by atoms with E-state index in [1.807, 2.05) is 0 Å². The largest absolute Gasteiger partial charge is 0.477 e. The Kier molecular flexibility index (Phi) is 5.56. The highest BCUT2D eigenvalue weighted by Crippen LogP contribution is 2.15. The van der Waals surface area contributed by atoms with Crippen LogP contribution in [0.3, 0.4) is 0 Å². The van der Waals surface area contributed by atoms with Gasteiger partial charge in [0.2, 0.25) is 0 Å². The monoisotopic (exact) mass is 327 g/mol. The number of nitrogens with one attached hydrogen (secondary N) is 1. The van der Waals surface area contributed by atoms with Crippen molar-refractivity contribution in [2.24, 2.45) is 0 Å². The van der Waals surface area contributed by atoms with Gasteiger partial charge in [-0.25, -0.2) is 19.6 Å². The number of aliphatic carboxylic acids is 1. The molecule has 0 spiro atoms. The molecule has 2 N–H and O–H groups in total. The van der Waals surface area contributed by atoms with E-state index in [0.717, 1.165) is 11.8 Å². The summed E-state index contributed by atoms with van der Waals surface area (Å²) < 4.78 is 4.78. The van der Waals surface area contributed by atoms with E-state index in [4.69, 9.17) is 9.84 Å². The van der Waals surface area contributed by atoms with E-state index in [9.17, 15) is 9.59 Å². The van der Waals surface area contributed by atoms with E-state index in [1.165, 1.54) is 19.2 Å². The van der Waals surface area contributed by atoms with Crippen molar-refractivity contribution >= 4 is 17.8 Å². The Morgan fingerprint density at radius 1 is 1.29 bits per heavy atom. The molecule has 2 aromatic heterocycles. The number of nitrogens with zero attached hydrogens (tertiary/aromatic N) is 3. The Morgan fingerprint density at radius 3 is 2.62 bits per heavy atom. The zero-order chi connectivity index (χ0) is 17.5. The molecule has 1 unspecified atom stereocenters. The summed E-state index contributed by atoms with van der Waals surface area (Å²) >= 11 is 0. The molecule has 0 amide bonds. The molecule has 2 heterocycles. The van der Waals surface area contributed by atoms with Crippen LogP contribution in [0.2, 0.25) is 0 Å². The van der Waals surface area contributed by atoms with Gasteiger partial charge in [-0.3, -0.25) is 4.98 Å². The highest BCUT2D eigenvalue weighted by atomic mass is 16.5. The van der Waals surface area contributed by atoms with Gasteiger partial charge >= 0.3 is 11.9 Å². The van der Waals surface area contributed by atoms with Gasteiger partial charge < -0.3 is 15.2 Å². The molecule has 2 aromatic rings. The SMILES string of the molecule is [CH2]C(C)OC(=O)C(=CNc1ccnc(-c2ccncc2)n1)C(=O)O. The Balaban J connectivity index is 2.20. The third kappa shape index (κ3) is 4.60. The van der Waals surface area contributed by atoms with Crippen molar-refractivity contribution < 1.29 is 19.4 Å². The third-order valence-electron chi connectivity index (χ3n) is 2.72. The van der Waals surface area contributed by atoms with Crippen LogP contribution in [-0.4, -0.2) is 38.1 Å². The number of anilines is 1. The summed E-state index contributed by atoms with van der Waals surface area (Å²) in [5.74, 6) is -1.65. The lowest BCUT2D eigenvalue weighted by Gasteiger charge is -2.08. The van der Waals surface area contributed by atoms with E-state index >= 15 is 0 Å². The van der Waals surface area contributed by atoms with Gasteiger partial charge in [-0.1, -0.05) is 0 Å². The fourth-order valence-electron chi connectivity index (χ4n) is 1.68. The van der Waals surface area contributed by atoms with Crippen molar-refractivity contribution in [2.45, 2.75) is 13.0 Å². The predicted molar refractivity (Wildman–Crippen MR) is 85.5 cm³/mol. The van der Waals surface area contributed by atoms with Crippen LogP contribution in [0, 0.1) is 6.92 Å². The lowest BCUT2D eigenvalue weighted by atomic mass is 10.2. The smallest absolute Gasteiger partial charge is 0.347 e. The first-order valence-corrected chi connectivity index (χ1v) is 6.95. The molecule has 0 aliphatic rings. The van der Waals surface area contributed by atoms with Crippen molar-refractivity contribution in [3.63, 3.8) is 0 Å². The van der Waals surface area contributed by atoms with Crippen molar-refractivity contribution in [2.75, 3.05) is 5.32 Å². The third-order valence-corrected chi connectivity index (χ3v) is 2.72. The van der Waals surface area contributed by atoms with E-state index in [1.54, 1.807) is 24.5 Å². The van der Waals surface area contributed by atoms with Gasteiger partial charge in [-0.05, 0) is 32.0 Å². The van der Waals surface area contributed by atoms with Gasteiger partial charge in [0.1, 0.15) is 5.82 Å². The first-order chi connectivity index (χ1) is 11.5. The summed E-state index contributed by atoms with van der Waals surface area (Å²) in [6.45, 7) is 5.00. The number of aromatic nitrogens is 3. The second kappa shape index (κ2) is 7.82. The zero-order valence-corrected chi connectivity index (χ0v) is 12.8. The van der Waals surface area contributed by atoms with Crippen LogP contribution in [0.4, 0.5) is 5.82 Å². The number of pyridine rings is 1. The molecule has 24 heavy (non-hydrogen) atoms. The number of carbonyl (C=O) groups is 2. The van der Waals surface area contributed by atoms with E-state index in [-0.39, 0.29) is 0 Å². The molecule has 8 nitrogen and oxygen atoms in total. The van der Waals surface area contributed by atoms with Crippen LogP contribution in [0.25, 0.3) is 11.4 Å². The standard InChI is InChI=1S/C16H15N4O4/c1-10(2)24-16(23)12(15(21)22)9-19-13-5-8-18-14(20-13)11-3-6-17-7-4-11/h3-10H,1H2,2H3,(H,21,22)(H,18,19,20). The van der Waals surface area contributed by atoms with E-state index in [2.05, 4.69) is 27.2 Å². The number of carbonyl (C=O) groups excluding carboxylic acids is 1. The van der Waals surface area contributed by atoms with Crippen LogP contribution in [0.5, 0.6) is 0 Å². The topological polar surface area (TPSA) is 114 Å². The molecule has 0 bridgehead atoms. The number of carboxylic acids is 1. The zero-order valence-electron chi connectivity index (χ0n) is 12.8. The van der Waals surface area contributed by atoms with Gasteiger partial charge in [-0.2, -0.15) is 0 Å². The molecule has 2 rings (SSSR count). The van der Waals surface area contributed by atoms with Crippen molar-refractivity contribution in [3.05, 3.63) is 55.5 Å². The first kappa shape index (κ1) is 17.1. The second-order valence-corrected chi connectivity index (χ2v) is 4.72. The van der Waals surface area contributed by atoms with Gasteiger partial charge in [-0.15, -0.1) is 0 Å². The maximum absolute atomic E-state index is 11.7. The lowest BCUT2D eigenvalue weighted by Crippen LogP contribution is -2.20. The highest BCUT2D eigenvalue weighted by molar-refractivity contribution is 6.13. The van der Waals surface area contributed by atoms with Gasteiger partial charge in [0.05, 0.1) is 6.10 Å². The molecule has 0 aliphatic heterocycles. The van der Waals surface area contributed by atoms with Gasteiger partial charge in [0.25, 0.3) is 0 Å². The summed E-state index contributed by atoms with van der Waals surface area (Å²) in [7, 11) is 0. The Hall–Kier alpha value is -3.29. The molecule has 0 fully saturated rings. The average molecular weight is 327 g/mol. The molecule has 0 saturated heterocycles. The minimum absolute atomic E-state index is 0.325. The summed E-state index contributed by atoms with van der Waals surface area (Å²) in [5, 5.41) is 11.8. The summed E-state index contributed by atoms with van der Waals surface area (Å²) in [6, 6.07) is 5.02. The minimum Gasteiger partial charge on any atom is -0.477 e. The number of ether oxygens (including phenoxy) is 1. The Morgan fingerprint density at radius 2 is 2.00 bits per heavy atom. The Labute approximate surface area is 138 Å². The summed E-state index contributed by atoms with van der Waals surface area (Å²) in [4.78, 5) is 35.2. The minimum atomic E-state index is -1.42. The normalized spacial score (nSPS) is 11.2. The summed E-state index contributed by atoms with van der Waals surface area (Å²) in [6.07, 6.45) is 5.08. The molecule has 0 saturated carbocycles. The highest BCUT2D eigenvalue weighted by Gasteiger charge is 2.20. The van der Waals surface area contributed by atoms with Crippen LogP contribution in [-0.2, 0) is 14.3 Å². The molecule has 123 valence electrons. The first-order valence-electron chi connectivity index (χ1n) is 6.95. The average Bonchev–Trinajstić information content (AvgIpc) is 2.55. The fraction of sp³-hybridized carbons (Fsp3) is 0.125. The van der Waals surface area contributed by atoms with Crippen molar-refractivity contribution in [1.29, 1.82) is 0 Å².